The van der Waals surface area contributed by atoms with Crippen molar-refractivity contribution in [1.82, 2.24) is 4.72 Å². The number of rotatable bonds is 8. The van der Waals surface area contributed by atoms with E-state index < -0.39 is 16.0 Å². The first-order valence-electron chi connectivity index (χ1n) is 5.06. The Bertz CT molecular complexity index is 356. The molecule has 0 radical (unpaired) electrons. The van der Waals surface area contributed by atoms with Crippen LogP contribution in [0.5, 0.6) is 0 Å². The molecule has 0 aliphatic rings. The van der Waals surface area contributed by atoms with Crippen LogP contribution < -0.4 is 4.72 Å². The topological polar surface area (TPSA) is 83.5 Å². The smallest absolute Gasteiger partial charge is 0.303 e. The van der Waals surface area contributed by atoms with Crippen LogP contribution in [0.4, 0.5) is 0 Å². The molecule has 0 aromatic carbocycles. The van der Waals surface area contributed by atoms with Gasteiger partial charge in [0.25, 0.3) is 0 Å². The van der Waals surface area contributed by atoms with Crippen molar-refractivity contribution < 1.29 is 18.3 Å². The van der Waals surface area contributed by atoms with E-state index >= 15 is 0 Å². The van der Waals surface area contributed by atoms with E-state index in [4.69, 9.17) is 11.5 Å². The van der Waals surface area contributed by atoms with E-state index in [-0.39, 0.29) is 24.6 Å². The van der Waals surface area contributed by atoms with Crippen molar-refractivity contribution in [2.24, 2.45) is 0 Å². The minimum Gasteiger partial charge on any atom is -0.481 e. The lowest BCUT2D eigenvalue weighted by atomic mass is 10.2. The highest BCUT2D eigenvalue weighted by Gasteiger charge is 2.15. The van der Waals surface area contributed by atoms with Gasteiger partial charge in [0.05, 0.1) is 5.75 Å². The number of carboxylic acid groups (broad SMARTS) is 1. The van der Waals surface area contributed by atoms with Gasteiger partial charge in [-0.3, -0.25) is 4.79 Å². The Morgan fingerprint density at radius 2 is 2.19 bits per heavy atom. The molecule has 16 heavy (non-hydrogen) atoms. The van der Waals surface area contributed by atoms with Crippen LogP contribution in [-0.4, -0.2) is 31.3 Å². The molecule has 0 saturated heterocycles. The van der Waals surface area contributed by atoms with Crippen LogP contribution in [0.15, 0.2) is 0 Å². The average Bonchev–Trinajstić information content (AvgIpc) is 2.15. The first kappa shape index (κ1) is 14.9. The van der Waals surface area contributed by atoms with Crippen LogP contribution in [0, 0.1) is 12.3 Å². The molecule has 0 heterocycles. The lowest BCUT2D eigenvalue weighted by molar-refractivity contribution is -0.137. The molecule has 5 nitrogen and oxygen atoms in total. The zero-order chi connectivity index (χ0) is 12.6. The Labute approximate surface area is 96.3 Å². The standard InChI is InChI=1S/C10H17NO4S/c1-3-6-9(4-2)11-16(14,15)8-5-7-10(12)13/h1,9,11H,4-8H2,2H3,(H,12,13). The summed E-state index contributed by atoms with van der Waals surface area (Å²) in [7, 11) is -3.42. The van der Waals surface area contributed by atoms with E-state index in [1.54, 1.807) is 0 Å². The fourth-order valence-electron chi connectivity index (χ4n) is 1.14. The predicted molar refractivity (Wildman–Crippen MR) is 61.3 cm³/mol. The first-order chi connectivity index (χ1) is 7.41. The third kappa shape index (κ3) is 7.26. The summed E-state index contributed by atoms with van der Waals surface area (Å²) in [5.41, 5.74) is 0. The Hall–Kier alpha value is -1.06. The lowest BCUT2D eigenvalue weighted by Gasteiger charge is -2.14. The molecule has 0 aliphatic heterocycles. The second-order valence-electron chi connectivity index (χ2n) is 3.45. The quantitative estimate of drug-likeness (QED) is 0.614. The van der Waals surface area contributed by atoms with Crippen molar-refractivity contribution in [3.63, 3.8) is 0 Å². The number of nitrogens with one attached hydrogen (secondary N) is 1. The molecule has 92 valence electrons. The molecule has 0 aromatic heterocycles. The van der Waals surface area contributed by atoms with Crippen LogP contribution in [0.25, 0.3) is 0 Å². The number of hydrogen-bond donors (Lipinski definition) is 2. The second-order valence-corrected chi connectivity index (χ2v) is 5.32. The summed E-state index contributed by atoms with van der Waals surface area (Å²) >= 11 is 0. The molecule has 0 bridgehead atoms. The molecule has 0 spiro atoms. The number of aliphatic carboxylic acids is 1. The zero-order valence-corrected chi connectivity index (χ0v) is 10.1. The highest BCUT2D eigenvalue weighted by atomic mass is 32.2. The predicted octanol–water partition coefficient (Wildman–Crippen LogP) is 0.572. The highest BCUT2D eigenvalue weighted by Crippen LogP contribution is 2.01. The normalized spacial score (nSPS) is 13.0. The molecular weight excluding hydrogens is 230 g/mol. The van der Waals surface area contributed by atoms with E-state index in [1.807, 2.05) is 6.92 Å². The summed E-state index contributed by atoms with van der Waals surface area (Å²) in [6.45, 7) is 1.84. The molecule has 2 N–H and O–H groups in total. The summed E-state index contributed by atoms with van der Waals surface area (Å²) in [4.78, 5) is 10.2. The fourth-order valence-corrected chi connectivity index (χ4v) is 2.54. The maximum absolute atomic E-state index is 11.5. The fraction of sp³-hybridized carbons (Fsp3) is 0.700. The number of hydrogen-bond acceptors (Lipinski definition) is 3. The Balaban J connectivity index is 4.13. The van der Waals surface area contributed by atoms with Crippen LogP contribution in [0.1, 0.15) is 32.6 Å². The third-order valence-electron chi connectivity index (χ3n) is 2.01. The monoisotopic (exact) mass is 247 g/mol. The molecule has 1 atom stereocenters. The average molecular weight is 247 g/mol. The molecule has 1 unspecified atom stereocenters. The molecule has 0 amide bonds. The van der Waals surface area contributed by atoms with Gasteiger partial charge in [0.15, 0.2) is 0 Å². The number of sulfonamides is 1. The number of carboxylic acids is 1. The van der Waals surface area contributed by atoms with Crippen molar-refractivity contribution in [2.75, 3.05) is 5.75 Å². The van der Waals surface area contributed by atoms with E-state index in [9.17, 15) is 13.2 Å². The minimum absolute atomic E-state index is 0.108. The van der Waals surface area contributed by atoms with E-state index in [0.717, 1.165) is 0 Å². The van der Waals surface area contributed by atoms with Gasteiger partial charge >= 0.3 is 5.97 Å². The highest BCUT2D eigenvalue weighted by molar-refractivity contribution is 7.89. The van der Waals surface area contributed by atoms with Gasteiger partial charge in [-0.2, -0.15) is 0 Å². The molecule has 0 saturated carbocycles. The van der Waals surface area contributed by atoms with E-state index in [1.165, 1.54) is 0 Å². The lowest BCUT2D eigenvalue weighted by Crippen LogP contribution is -2.35. The Kier molecular flexibility index (Phi) is 6.77. The number of terminal acetylenes is 1. The van der Waals surface area contributed by atoms with E-state index in [2.05, 4.69) is 10.6 Å². The van der Waals surface area contributed by atoms with Gasteiger partial charge < -0.3 is 5.11 Å². The minimum atomic E-state index is -3.42. The first-order valence-corrected chi connectivity index (χ1v) is 6.71. The van der Waals surface area contributed by atoms with Gasteiger partial charge in [0.1, 0.15) is 0 Å². The van der Waals surface area contributed by atoms with Crippen LogP contribution in [0.2, 0.25) is 0 Å². The van der Waals surface area contributed by atoms with Crippen molar-refractivity contribution in [2.45, 2.75) is 38.6 Å². The van der Waals surface area contributed by atoms with Crippen molar-refractivity contribution in [1.29, 1.82) is 0 Å². The van der Waals surface area contributed by atoms with Gasteiger partial charge in [-0.1, -0.05) is 6.92 Å². The maximum atomic E-state index is 11.5. The van der Waals surface area contributed by atoms with Gasteiger partial charge in [0, 0.05) is 18.9 Å². The van der Waals surface area contributed by atoms with Crippen LogP contribution in [-0.2, 0) is 14.8 Å². The molecule has 6 heteroatoms. The maximum Gasteiger partial charge on any atom is 0.303 e. The van der Waals surface area contributed by atoms with Gasteiger partial charge in [-0.15, -0.1) is 12.3 Å². The Morgan fingerprint density at radius 3 is 2.62 bits per heavy atom. The summed E-state index contributed by atoms with van der Waals surface area (Å²) in [6.07, 6.45) is 6.02. The summed E-state index contributed by atoms with van der Waals surface area (Å²) in [5, 5.41) is 8.38. The third-order valence-corrected chi connectivity index (χ3v) is 3.53. The van der Waals surface area contributed by atoms with Gasteiger partial charge in [-0.05, 0) is 12.8 Å². The van der Waals surface area contributed by atoms with Crippen LogP contribution in [0.3, 0.4) is 0 Å². The molecular formula is C10H17NO4S. The summed E-state index contributed by atoms with van der Waals surface area (Å²) in [6, 6.07) is -0.264. The SMILES string of the molecule is C#CCC(CC)NS(=O)(=O)CCCC(=O)O. The second kappa shape index (κ2) is 7.25. The Morgan fingerprint density at radius 1 is 1.56 bits per heavy atom. The van der Waals surface area contributed by atoms with Crippen LogP contribution >= 0.6 is 0 Å². The largest absolute Gasteiger partial charge is 0.481 e. The van der Waals surface area contributed by atoms with Gasteiger partial charge in [-0.25, -0.2) is 13.1 Å². The number of carbonyl (C=O) groups is 1. The van der Waals surface area contributed by atoms with Crippen molar-refractivity contribution in [3.05, 3.63) is 0 Å². The van der Waals surface area contributed by atoms with Gasteiger partial charge in [0.2, 0.25) is 10.0 Å². The molecule has 0 aliphatic carbocycles. The zero-order valence-electron chi connectivity index (χ0n) is 9.27. The van der Waals surface area contributed by atoms with E-state index in [0.29, 0.717) is 12.8 Å². The molecule has 0 aromatic rings. The summed E-state index contributed by atoms with van der Waals surface area (Å²) < 4.78 is 25.4. The van der Waals surface area contributed by atoms with Crippen molar-refractivity contribution in [3.8, 4) is 12.3 Å². The molecule has 0 fully saturated rings. The molecule has 0 rings (SSSR count). The van der Waals surface area contributed by atoms with Crippen molar-refractivity contribution >= 4 is 16.0 Å². The summed E-state index contributed by atoms with van der Waals surface area (Å²) in [5.74, 6) is 1.22.